The molecule has 0 bridgehead atoms. The summed E-state index contributed by atoms with van der Waals surface area (Å²) < 4.78 is 11.0. The van der Waals surface area contributed by atoms with Crippen LogP contribution in [0, 0.1) is 17.2 Å². The zero-order valence-electron chi connectivity index (χ0n) is 19.3. The third-order valence-electron chi connectivity index (χ3n) is 5.62. The van der Waals surface area contributed by atoms with E-state index in [0.717, 1.165) is 34.9 Å². The van der Waals surface area contributed by atoms with Gasteiger partial charge < -0.3 is 14.6 Å². The molecule has 9 heteroatoms. The molecule has 9 nitrogen and oxygen atoms in total. The maximum absolute atomic E-state index is 12.0. The lowest BCUT2D eigenvalue weighted by Crippen LogP contribution is -2.28. The van der Waals surface area contributed by atoms with E-state index in [1.807, 2.05) is 49.4 Å². The number of ether oxygens (including phenoxy) is 2. The first-order valence-corrected chi connectivity index (χ1v) is 11.3. The molecule has 2 N–H and O–H groups in total. The van der Waals surface area contributed by atoms with Gasteiger partial charge in [0, 0.05) is 5.56 Å². The van der Waals surface area contributed by atoms with Gasteiger partial charge in [0.25, 0.3) is 0 Å². The SMILES string of the molecule is CCC(C)OC(=O)C(CCCCCOc1ccc2cc(-c3n[nH]nc3C#N)ccc2c1)C(=O)O. The normalized spacial score (nSPS) is 12.6. The van der Waals surface area contributed by atoms with E-state index < -0.39 is 17.9 Å². The van der Waals surface area contributed by atoms with Crippen LogP contribution in [0.15, 0.2) is 36.4 Å². The fourth-order valence-electron chi connectivity index (χ4n) is 3.49. The lowest BCUT2D eigenvalue weighted by atomic mass is 10.0. The summed E-state index contributed by atoms with van der Waals surface area (Å²) in [6, 6.07) is 13.6. The molecule has 0 aliphatic rings. The number of nitrogens with zero attached hydrogens (tertiary/aromatic N) is 3. The van der Waals surface area contributed by atoms with Crippen molar-refractivity contribution in [3.8, 4) is 23.1 Å². The molecule has 2 unspecified atom stereocenters. The van der Waals surface area contributed by atoms with E-state index in [4.69, 9.17) is 14.7 Å². The number of hydrogen-bond acceptors (Lipinski definition) is 7. The minimum atomic E-state index is -1.14. The number of unbranched alkanes of at least 4 members (excludes halogenated alkanes) is 2. The van der Waals surface area contributed by atoms with Crippen molar-refractivity contribution < 1.29 is 24.2 Å². The van der Waals surface area contributed by atoms with Crippen molar-refractivity contribution in [2.75, 3.05) is 6.61 Å². The average molecular weight is 465 g/mol. The van der Waals surface area contributed by atoms with Gasteiger partial charge >= 0.3 is 11.9 Å². The monoisotopic (exact) mass is 464 g/mol. The van der Waals surface area contributed by atoms with Gasteiger partial charge in [-0.1, -0.05) is 38.0 Å². The fraction of sp³-hybridized carbons (Fsp3) is 0.400. The average Bonchev–Trinajstić information content (AvgIpc) is 3.31. The number of H-pyrrole nitrogens is 1. The standard InChI is InChI=1S/C25H28N4O5/c1-3-16(2)34-25(32)21(24(30)31)7-5-4-6-12-33-20-11-10-17-13-19(9-8-18(17)14-20)23-22(15-26)27-29-28-23/h8-11,13-14,16,21H,3-7,12H2,1-2H3,(H,30,31)(H,27,28,29). The van der Waals surface area contributed by atoms with Crippen LogP contribution in [0.5, 0.6) is 5.75 Å². The Morgan fingerprint density at radius 3 is 2.62 bits per heavy atom. The molecule has 0 radical (unpaired) electrons. The minimum absolute atomic E-state index is 0.251. The van der Waals surface area contributed by atoms with Crippen molar-refractivity contribution in [3.63, 3.8) is 0 Å². The zero-order valence-corrected chi connectivity index (χ0v) is 19.3. The van der Waals surface area contributed by atoms with E-state index in [2.05, 4.69) is 15.4 Å². The largest absolute Gasteiger partial charge is 0.494 e. The number of carbonyl (C=O) groups excluding carboxylic acids is 1. The van der Waals surface area contributed by atoms with Crippen LogP contribution >= 0.6 is 0 Å². The molecule has 0 amide bonds. The number of hydrogen-bond donors (Lipinski definition) is 2. The molecular formula is C25H28N4O5. The Kier molecular flexibility index (Phi) is 8.57. The quantitative estimate of drug-likeness (QED) is 0.227. The second kappa shape index (κ2) is 11.8. The summed E-state index contributed by atoms with van der Waals surface area (Å²) in [7, 11) is 0. The van der Waals surface area contributed by atoms with Gasteiger partial charge in [-0.3, -0.25) is 9.59 Å². The number of aliphatic carboxylic acids is 1. The maximum atomic E-state index is 12.0. The molecule has 0 saturated carbocycles. The Morgan fingerprint density at radius 2 is 1.88 bits per heavy atom. The van der Waals surface area contributed by atoms with Crippen molar-refractivity contribution in [2.24, 2.45) is 5.92 Å². The molecule has 3 rings (SSSR count). The molecule has 0 aliphatic carbocycles. The molecule has 0 spiro atoms. The first-order chi connectivity index (χ1) is 16.4. The van der Waals surface area contributed by atoms with E-state index in [-0.39, 0.29) is 18.2 Å². The van der Waals surface area contributed by atoms with Crippen molar-refractivity contribution in [3.05, 3.63) is 42.1 Å². The molecule has 2 aromatic carbocycles. The summed E-state index contributed by atoms with van der Waals surface area (Å²) >= 11 is 0. The van der Waals surface area contributed by atoms with Gasteiger partial charge in [-0.25, -0.2) is 0 Å². The molecule has 0 aliphatic heterocycles. The highest BCUT2D eigenvalue weighted by Gasteiger charge is 2.28. The fourth-order valence-corrected chi connectivity index (χ4v) is 3.49. The van der Waals surface area contributed by atoms with Crippen LogP contribution in [-0.4, -0.2) is 45.2 Å². The number of rotatable bonds is 12. The van der Waals surface area contributed by atoms with E-state index in [1.54, 1.807) is 6.92 Å². The van der Waals surface area contributed by atoms with Gasteiger partial charge in [0.05, 0.1) is 12.7 Å². The summed E-state index contributed by atoms with van der Waals surface area (Å²) in [4.78, 5) is 23.4. The Hall–Kier alpha value is -3.93. The van der Waals surface area contributed by atoms with Crippen LogP contribution in [0.4, 0.5) is 0 Å². The van der Waals surface area contributed by atoms with Gasteiger partial charge in [0.15, 0.2) is 11.6 Å². The molecule has 3 aromatic rings. The first kappa shape index (κ1) is 24.7. The highest BCUT2D eigenvalue weighted by molar-refractivity contribution is 5.94. The first-order valence-electron chi connectivity index (χ1n) is 11.3. The van der Waals surface area contributed by atoms with E-state index >= 15 is 0 Å². The molecule has 0 fully saturated rings. The number of fused-ring (bicyclic) bond motifs is 1. The summed E-state index contributed by atoms with van der Waals surface area (Å²) in [6.45, 7) is 4.12. The van der Waals surface area contributed by atoms with Crippen molar-refractivity contribution in [1.82, 2.24) is 15.4 Å². The highest BCUT2D eigenvalue weighted by atomic mass is 16.5. The lowest BCUT2D eigenvalue weighted by Gasteiger charge is -2.15. The number of carbonyl (C=O) groups is 2. The summed E-state index contributed by atoms with van der Waals surface area (Å²) in [6.07, 6.45) is 2.71. The van der Waals surface area contributed by atoms with Crippen LogP contribution in [0.3, 0.4) is 0 Å². The minimum Gasteiger partial charge on any atom is -0.494 e. The van der Waals surface area contributed by atoms with Crippen LogP contribution in [0.1, 0.15) is 51.6 Å². The van der Waals surface area contributed by atoms with Gasteiger partial charge in [-0.2, -0.15) is 15.6 Å². The summed E-state index contributed by atoms with van der Waals surface area (Å²) in [5, 5.41) is 30.8. The molecule has 34 heavy (non-hydrogen) atoms. The van der Waals surface area contributed by atoms with Gasteiger partial charge in [-0.05, 0) is 55.2 Å². The smallest absolute Gasteiger partial charge is 0.320 e. The van der Waals surface area contributed by atoms with Crippen molar-refractivity contribution in [2.45, 2.75) is 52.1 Å². The van der Waals surface area contributed by atoms with Gasteiger partial charge in [0.2, 0.25) is 0 Å². The molecule has 1 heterocycles. The number of benzene rings is 2. The predicted molar refractivity (Wildman–Crippen MR) is 125 cm³/mol. The number of nitrogens with one attached hydrogen (secondary N) is 1. The molecule has 0 saturated heterocycles. The number of carboxylic acids is 1. The van der Waals surface area contributed by atoms with Crippen molar-refractivity contribution in [1.29, 1.82) is 5.26 Å². The molecular weight excluding hydrogens is 436 g/mol. The number of nitriles is 1. The molecule has 178 valence electrons. The Labute approximate surface area is 197 Å². The molecule has 1 aromatic heterocycles. The molecule has 2 atom stereocenters. The van der Waals surface area contributed by atoms with Gasteiger partial charge in [-0.15, -0.1) is 5.10 Å². The Balaban J connectivity index is 1.47. The highest BCUT2D eigenvalue weighted by Crippen LogP contribution is 2.27. The van der Waals surface area contributed by atoms with E-state index in [1.165, 1.54) is 0 Å². The third-order valence-corrected chi connectivity index (χ3v) is 5.62. The third kappa shape index (κ3) is 6.32. The number of carboxylic acid groups (broad SMARTS) is 1. The number of aromatic nitrogens is 3. The van der Waals surface area contributed by atoms with Crippen LogP contribution < -0.4 is 4.74 Å². The van der Waals surface area contributed by atoms with Crippen LogP contribution in [0.25, 0.3) is 22.0 Å². The summed E-state index contributed by atoms with van der Waals surface area (Å²) in [5.74, 6) is -2.19. The second-order valence-corrected chi connectivity index (χ2v) is 8.10. The summed E-state index contributed by atoms with van der Waals surface area (Å²) in [5.41, 5.74) is 1.57. The van der Waals surface area contributed by atoms with Crippen LogP contribution in [-0.2, 0) is 14.3 Å². The van der Waals surface area contributed by atoms with Crippen LogP contribution in [0.2, 0.25) is 0 Å². The zero-order chi connectivity index (χ0) is 24.5. The Bertz CT molecular complexity index is 1180. The van der Waals surface area contributed by atoms with E-state index in [0.29, 0.717) is 25.1 Å². The lowest BCUT2D eigenvalue weighted by molar-refractivity contribution is -0.162. The second-order valence-electron chi connectivity index (χ2n) is 8.10. The van der Waals surface area contributed by atoms with Gasteiger partial charge in [0.1, 0.15) is 17.5 Å². The van der Waals surface area contributed by atoms with Crippen molar-refractivity contribution >= 4 is 22.7 Å². The van der Waals surface area contributed by atoms with E-state index in [9.17, 15) is 14.7 Å². The topological polar surface area (TPSA) is 138 Å². The number of aromatic amines is 1. The number of esters is 1. The maximum Gasteiger partial charge on any atom is 0.320 e. The Morgan fingerprint density at radius 1 is 1.12 bits per heavy atom. The predicted octanol–water partition coefficient (Wildman–Crippen LogP) is 4.48.